The third kappa shape index (κ3) is 2.86. The van der Waals surface area contributed by atoms with E-state index in [0.29, 0.717) is 21.4 Å². The first-order valence-corrected chi connectivity index (χ1v) is 6.39. The van der Waals surface area contributed by atoms with Crippen LogP contribution < -0.4 is 11.1 Å². The maximum atomic E-state index is 6.07. The minimum Gasteiger partial charge on any atom is -0.397 e. The summed E-state index contributed by atoms with van der Waals surface area (Å²) >= 11 is 15.5. The molecule has 3 N–H and O–H groups in total. The van der Waals surface area contributed by atoms with Crippen LogP contribution >= 0.6 is 39.1 Å². The van der Waals surface area contributed by atoms with E-state index in [-0.39, 0.29) is 0 Å². The van der Waals surface area contributed by atoms with Crippen LogP contribution in [0.3, 0.4) is 0 Å². The van der Waals surface area contributed by atoms with E-state index < -0.39 is 0 Å². The average molecular weight is 332 g/mol. The molecule has 88 valence electrons. The maximum Gasteiger partial charge on any atom is 0.0763 e. The van der Waals surface area contributed by atoms with Crippen LogP contribution in [0.25, 0.3) is 0 Å². The van der Waals surface area contributed by atoms with Gasteiger partial charge in [0.15, 0.2) is 0 Å². The highest BCUT2D eigenvalue weighted by Crippen LogP contribution is 2.35. The molecule has 0 spiro atoms. The van der Waals surface area contributed by atoms with E-state index in [2.05, 4.69) is 21.2 Å². The Balaban J connectivity index is 2.41. The lowest BCUT2D eigenvalue weighted by atomic mass is 10.2. The Morgan fingerprint density at radius 3 is 2.35 bits per heavy atom. The zero-order valence-electron chi connectivity index (χ0n) is 8.68. The molecule has 0 heterocycles. The van der Waals surface area contributed by atoms with Gasteiger partial charge in [0.1, 0.15) is 0 Å². The first-order chi connectivity index (χ1) is 8.08. The van der Waals surface area contributed by atoms with Crippen molar-refractivity contribution in [3.05, 3.63) is 50.9 Å². The highest BCUT2D eigenvalue weighted by molar-refractivity contribution is 9.10. The van der Waals surface area contributed by atoms with E-state index in [4.69, 9.17) is 28.9 Å². The van der Waals surface area contributed by atoms with Gasteiger partial charge in [-0.15, -0.1) is 0 Å². The molecule has 0 fully saturated rings. The van der Waals surface area contributed by atoms with Gasteiger partial charge in [-0.05, 0) is 30.3 Å². The van der Waals surface area contributed by atoms with E-state index in [0.717, 1.165) is 10.2 Å². The van der Waals surface area contributed by atoms with Gasteiger partial charge in [-0.25, -0.2) is 0 Å². The van der Waals surface area contributed by atoms with E-state index in [1.165, 1.54) is 0 Å². The van der Waals surface area contributed by atoms with E-state index in [9.17, 15) is 0 Å². The molecule has 0 aliphatic rings. The lowest BCUT2D eigenvalue weighted by Crippen LogP contribution is -1.97. The molecule has 2 nitrogen and oxygen atoms in total. The fourth-order valence-electron chi connectivity index (χ4n) is 1.39. The lowest BCUT2D eigenvalue weighted by molar-refractivity contribution is 1.53. The van der Waals surface area contributed by atoms with Crippen LogP contribution in [0.1, 0.15) is 0 Å². The van der Waals surface area contributed by atoms with Gasteiger partial charge < -0.3 is 11.1 Å². The number of halogens is 3. The van der Waals surface area contributed by atoms with Gasteiger partial charge in [0.25, 0.3) is 0 Å². The average Bonchev–Trinajstić information content (AvgIpc) is 2.28. The van der Waals surface area contributed by atoms with Crippen molar-refractivity contribution in [1.82, 2.24) is 0 Å². The van der Waals surface area contributed by atoms with Crippen molar-refractivity contribution in [3.63, 3.8) is 0 Å². The molecule has 17 heavy (non-hydrogen) atoms. The van der Waals surface area contributed by atoms with Gasteiger partial charge in [-0.1, -0.05) is 45.2 Å². The van der Waals surface area contributed by atoms with E-state index in [1.807, 2.05) is 12.1 Å². The van der Waals surface area contributed by atoms with Gasteiger partial charge >= 0.3 is 0 Å². The molecule has 0 atom stereocenters. The van der Waals surface area contributed by atoms with Crippen LogP contribution in [0.4, 0.5) is 17.1 Å². The molecule has 2 aromatic carbocycles. The summed E-state index contributed by atoms with van der Waals surface area (Å²) in [6, 6.07) is 10.9. The van der Waals surface area contributed by atoms with Crippen LogP contribution in [-0.2, 0) is 0 Å². The van der Waals surface area contributed by atoms with Crippen molar-refractivity contribution in [1.29, 1.82) is 0 Å². The molecule has 0 unspecified atom stereocenters. The molecule has 0 aliphatic heterocycles. The minimum atomic E-state index is 0.553. The second kappa shape index (κ2) is 5.17. The molecule has 2 rings (SSSR count). The van der Waals surface area contributed by atoms with Gasteiger partial charge in [0.05, 0.1) is 27.1 Å². The Morgan fingerprint density at radius 1 is 1.06 bits per heavy atom. The molecular weight excluding hydrogens is 323 g/mol. The summed E-state index contributed by atoms with van der Waals surface area (Å²) in [6.45, 7) is 0. The lowest BCUT2D eigenvalue weighted by Gasteiger charge is -2.12. The number of rotatable bonds is 2. The van der Waals surface area contributed by atoms with Crippen molar-refractivity contribution in [2.45, 2.75) is 0 Å². The Bertz CT molecular complexity index is 538. The summed E-state index contributed by atoms with van der Waals surface area (Å²) in [5, 5.41) is 4.24. The van der Waals surface area contributed by atoms with Gasteiger partial charge in [-0.2, -0.15) is 0 Å². The van der Waals surface area contributed by atoms with E-state index in [1.54, 1.807) is 24.3 Å². The summed E-state index contributed by atoms with van der Waals surface area (Å²) in [4.78, 5) is 0. The summed E-state index contributed by atoms with van der Waals surface area (Å²) < 4.78 is 0.928. The molecule has 0 bridgehead atoms. The first-order valence-electron chi connectivity index (χ1n) is 4.84. The monoisotopic (exact) mass is 330 g/mol. The number of hydrogen-bond donors (Lipinski definition) is 2. The fraction of sp³-hybridized carbons (Fsp3) is 0. The number of nitrogens with two attached hydrogens (primary N) is 1. The molecule has 0 amide bonds. The Kier molecular flexibility index (Phi) is 3.82. The molecular formula is C12H9BrCl2N2. The zero-order valence-corrected chi connectivity index (χ0v) is 11.8. The smallest absolute Gasteiger partial charge is 0.0763 e. The molecule has 0 aromatic heterocycles. The normalized spacial score (nSPS) is 10.3. The van der Waals surface area contributed by atoms with Gasteiger partial charge in [0.2, 0.25) is 0 Å². The third-order valence-corrected chi connectivity index (χ3v) is 3.36. The highest BCUT2D eigenvalue weighted by Gasteiger charge is 2.07. The van der Waals surface area contributed by atoms with Crippen LogP contribution in [0.15, 0.2) is 40.9 Å². The molecule has 0 saturated carbocycles. The van der Waals surface area contributed by atoms with Crippen LogP contribution in [0.5, 0.6) is 0 Å². The number of benzene rings is 2. The molecule has 2 aromatic rings. The molecule has 5 heteroatoms. The third-order valence-electron chi connectivity index (χ3n) is 2.24. The topological polar surface area (TPSA) is 38.0 Å². The summed E-state index contributed by atoms with van der Waals surface area (Å²) in [6.07, 6.45) is 0. The second-order valence-electron chi connectivity index (χ2n) is 3.45. The minimum absolute atomic E-state index is 0.553. The summed E-state index contributed by atoms with van der Waals surface area (Å²) in [7, 11) is 0. The highest BCUT2D eigenvalue weighted by atomic mass is 79.9. The molecule has 0 radical (unpaired) electrons. The SMILES string of the molecule is Nc1ccc(Br)cc1Nc1c(Cl)cccc1Cl. The van der Waals surface area contributed by atoms with Crippen LogP contribution in [-0.4, -0.2) is 0 Å². The number of nitrogens with one attached hydrogen (secondary N) is 1. The van der Waals surface area contributed by atoms with Crippen LogP contribution in [0, 0.1) is 0 Å². The Labute approximate surface area is 118 Å². The Hall–Kier alpha value is -0.900. The van der Waals surface area contributed by atoms with Crippen molar-refractivity contribution in [2.24, 2.45) is 0 Å². The maximum absolute atomic E-state index is 6.07. The first kappa shape index (κ1) is 12.6. The standard InChI is InChI=1S/C12H9BrCl2N2/c13-7-4-5-10(16)11(6-7)17-12-8(14)2-1-3-9(12)15/h1-6,17H,16H2. The van der Waals surface area contributed by atoms with E-state index >= 15 is 0 Å². The van der Waals surface area contributed by atoms with Crippen molar-refractivity contribution >= 4 is 56.2 Å². The van der Waals surface area contributed by atoms with Crippen LogP contribution in [0.2, 0.25) is 10.0 Å². The quantitative estimate of drug-likeness (QED) is 0.753. The summed E-state index contributed by atoms with van der Waals surface area (Å²) in [5.74, 6) is 0. The predicted octanol–water partition coefficient (Wildman–Crippen LogP) is 5.08. The molecule has 0 saturated heterocycles. The number of anilines is 3. The van der Waals surface area contributed by atoms with Crippen molar-refractivity contribution in [2.75, 3.05) is 11.1 Å². The zero-order chi connectivity index (χ0) is 12.4. The number of para-hydroxylation sites is 1. The molecule has 0 aliphatic carbocycles. The van der Waals surface area contributed by atoms with Gasteiger partial charge in [-0.3, -0.25) is 0 Å². The summed E-state index contributed by atoms with van der Waals surface area (Å²) in [5.41, 5.74) is 7.91. The van der Waals surface area contributed by atoms with Crippen molar-refractivity contribution in [3.8, 4) is 0 Å². The predicted molar refractivity (Wildman–Crippen MR) is 78.3 cm³/mol. The fourth-order valence-corrected chi connectivity index (χ4v) is 2.24. The Morgan fingerprint density at radius 2 is 1.71 bits per heavy atom. The number of hydrogen-bond acceptors (Lipinski definition) is 2. The second-order valence-corrected chi connectivity index (χ2v) is 5.18. The number of nitrogen functional groups attached to an aromatic ring is 1. The van der Waals surface area contributed by atoms with Crippen molar-refractivity contribution < 1.29 is 0 Å². The largest absolute Gasteiger partial charge is 0.397 e. The van der Waals surface area contributed by atoms with Gasteiger partial charge in [0, 0.05) is 4.47 Å².